The quantitative estimate of drug-likeness (QED) is 0.185. The Bertz CT molecular complexity index is 2800. The molecule has 0 aliphatic rings. The van der Waals surface area contributed by atoms with Crippen molar-refractivity contribution in [1.29, 1.82) is 0 Å². The Hall–Kier alpha value is -6.43. The van der Waals surface area contributed by atoms with Crippen LogP contribution in [0.3, 0.4) is 0 Å². The molecular formula is C45H28N4S. The first-order valence-corrected chi connectivity index (χ1v) is 17.5. The molecule has 0 unspecified atom stereocenters. The summed E-state index contributed by atoms with van der Waals surface area (Å²) >= 11 is 1.81. The van der Waals surface area contributed by atoms with Crippen molar-refractivity contribution >= 4 is 53.3 Å². The second-order valence-corrected chi connectivity index (χ2v) is 13.5. The van der Waals surface area contributed by atoms with Crippen LogP contribution in [0.25, 0.3) is 93.0 Å². The van der Waals surface area contributed by atoms with E-state index in [1.807, 2.05) is 72.0 Å². The van der Waals surface area contributed by atoms with E-state index in [4.69, 9.17) is 15.0 Å². The van der Waals surface area contributed by atoms with Crippen molar-refractivity contribution in [3.8, 4) is 51.0 Å². The third-order valence-electron chi connectivity index (χ3n) is 9.45. The van der Waals surface area contributed by atoms with Gasteiger partial charge in [0.2, 0.25) is 0 Å². The lowest BCUT2D eigenvalue weighted by Gasteiger charge is -2.12. The fourth-order valence-electron chi connectivity index (χ4n) is 7.12. The van der Waals surface area contributed by atoms with Gasteiger partial charge in [-0.05, 0) is 29.8 Å². The Morgan fingerprint density at radius 1 is 0.380 bits per heavy atom. The largest absolute Gasteiger partial charge is 0.309 e. The zero-order valence-electron chi connectivity index (χ0n) is 26.9. The van der Waals surface area contributed by atoms with Crippen molar-refractivity contribution in [2.24, 2.45) is 0 Å². The van der Waals surface area contributed by atoms with Crippen molar-refractivity contribution in [3.05, 3.63) is 170 Å². The molecule has 0 amide bonds. The molecule has 0 spiro atoms. The molecule has 234 valence electrons. The molecule has 0 saturated carbocycles. The van der Waals surface area contributed by atoms with Crippen LogP contribution in [-0.2, 0) is 0 Å². The lowest BCUT2D eigenvalue weighted by molar-refractivity contribution is 1.07. The van der Waals surface area contributed by atoms with Gasteiger partial charge in [-0.3, -0.25) is 0 Å². The van der Waals surface area contributed by atoms with Crippen molar-refractivity contribution in [3.63, 3.8) is 0 Å². The van der Waals surface area contributed by atoms with E-state index >= 15 is 0 Å². The molecule has 0 radical (unpaired) electrons. The molecular weight excluding hydrogens is 629 g/mol. The third kappa shape index (κ3) is 4.71. The number of aromatic nitrogens is 4. The van der Waals surface area contributed by atoms with Crippen molar-refractivity contribution in [1.82, 2.24) is 19.5 Å². The van der Waals surface area contributed by atoms with Gasteiger partial charge < -0.3 is 4.57 Å². The van der Waals surface area contributed by atoms with E-state index in [-0.39, 0.29) is 0 Å². The van der Waals surface area contributed by atoms with Gasteiger partial charge in [0.1, 0.15) is 0 Å². The number of rotatable bonds is 5. The molecule has 10 aromatic rings. The third-order valence-corrected chi connectivity index (χ3v) is 10.6. The lowest BCUT2D eigenvalue weighted by atomic mass is 10.0. The van der Waals surface area contributed by atoms with Crippen molar-refractivity contribution < 1.29 is 0 Å². The second kappa shape index (κ2) is 11.6. The highest BCUT2D eigenvalue weighted by molar-refractivity contribution is 7.25. The predicted octanol–water partition coefficient (Wildman–Crippen LogP) is 12.0. The van der Waals surface area contributed by atoms with E-state index < -0.39 is 0 Å². The van der Waals surface area contributed by atoms with Gasteiger partial charge >= 0.3 is 0 Å². The Morgan fingerprint density at radius 2 is 0.920 bits per heavy atom. The van der Waals surface area contributed by atoms with E-state index in [0.29, 0.717) is 17.5 Å². The number of hydrogen-bond acceptors (Lipinski definition) is 4. The zero-order chi connectivity index (χ0) is 33.0. The monoisotopic (exact) mass is 656 g/mol. The minimum atomic E-state index is 0.663. The topological polar surface area (TPSA) is 43.6 Å². The van der Waals surface area contributed by atoms with E-state index in [1.165, 1.54) is 53.1 Å². The Kier molecular flexibility index (Phi) is 6.64. The van der Waals surface area contributed by atoms with E-state index in [2.05, 4.69) is 114 Å². The first-order chi connectivity index (χ1) is 24.8. The van der Waals surface area contributed by atoms with Crippen molar-refractivity contribution in [2.75, 3.05) is 0 Å². The average molecular weight is 657 g/mol. The molecule has 3 heterocycles. The standard InChI is InChI=1S/C45H28N4S/c1-4-13-29(14-5-1)34-20-12-21-38-35-19-10-11-22-39(35)49(42(34)38)33-24-26-37-36-25-23-32(27-40(36)50-41(37)28-33)45-47-43(30-15-6-2-7-16-30)46-44(48-45)31-17-8-3-9-18-31/h1-28H. The fraction of sp³-hybridized carbons (Fsp3) is 0. The SMILES string of the molecule is c1ccc(-c2nc(-c3ccccc3)nc(-c3ccc4c(c3)sc3cc(-n5c6ccccc6c6cccc(-c7ccccc7)c65)ccc34)n2)cc1. The van der Waals surface area contributed by atoms with Gasteiger partial charge in [-0.2, -0.15) is 0 Å². The summed E-state index contributed by atoms with van der Waals surface area (Å²) in [6, 6.07) is 59.8. The highest BCUT2D eigenvalue weighted by Crippen LogP contribution is 2.41. The molecule has 0 aliphatic carbocycles. The van der Waals surface area contributed by atoms with Crippen molar-refractivity contribution in [2.45, 2.75) is 0 Å². The average Bonchev–Trinajstić information content (AvgIpc) is 3.73. The molecule has 7 aromatic carbocycles. The first kappa shape index (κ1) is 28.6. The summed E-state index contributed by atoms with van der Waals surface area (Å²) in [5, 5.41) is 4.98. The maximum atomic E-state index is 4.98. The molecule has 0 N–H and O–H groups in total. The van der Waals surface area contributed by atoms with Crippen LogP contribution in [0.2, 0.25) is 0 Å². The minimum absolute atomic E-state index is 0.663. The Morgan fingerprint density at radius 3 is 1.60 bits per heavy atom. The van der Waals surface area contributed by atoms with E-state index in [9.17, 15) is 0 Å². The molecule has 10 rings (SSSR count). The number of benzene rings is 7. The van der Waals surface area contributed by atoms with Crippen LogP contribution in [0.4, 0.5) is 0 Å². The number of para-hydroxylation sites is 2. The van der Waals surface area contributed by atoms with Gasteiger partial charge in [-0.1, -0.05) is 146 Å². The van der Waals surface area contributed by atoms with Gasteiger partial charge in [0.15, 0.2) is 17.5 Å². The maximum absolute atomic E-state index is 4.98. The van der Waals surface area contributed by atoms with Crippen LogP contribution >= 0.6 is 11.3 Å². The summed E-state index contributed by atoms with van der Waals surface area (Å²) in [5.41, 5.74) is 8.90. The highest BCUT2D eigenvalue weighted by Gasteiger charge is 2.18. The molecule has 50 heavy (non-hydrogen) atoms. The van der Waals surface area contributed by atoms with E-state index in [1.54, 1.807) is 0 Å². The van der Waals surface area contributed by atoms with Gasteiger partial charge in [-0.15, -0.1) is 11.3 Å². The predicted molar refractivity (Wildman–Crippen MR) is 209 cm³/mol. The summed E-state index contributed by atoms with van der Waals surface area (Å²) in [4.78, 5) is 14.8. The van der Waals surface area contributed by atoms with Gasteiger partial charge in [0.05, 0.1) is 11.0 Å². The lowest BCUT2D eigenvalue weighted by Crippen LogP contribution is -1.99. The number of fused-ring (bicyclic) bond motifs is 6. The molecule has 3 aromatic heterocycles. The summed E-state index contributed by atoms with van der Waals surface area (Å²) < 4.78 is 4.87. The molecule has 0 saturated heterocycles. The fourth-order valence-corrected chi connectivity index (χ4v) is 8.30. The molecule has 4 nitrogen and oxygen atoms in total. The molecule has 5 heteroatoms. The van der Waals surface area contributed by atoms with Crippen LogP contribution in [0, 0.1) is 0 Å². The summed E-state index contributed by atoms with van der Waals surface area (Å²) in [6.45, 7) is 0. The summed E-state index contributed by atoms with van der Waals surface area (Å²) in [7, 11) is 0. The maximum Gasteiger partial charge on any atom is 0.164 e. The number of thiophene rings is 1. The molecule has 0 fully saturated rings. The Balaban J connectivity index is 1.14. The van der Waals surface area contributed by atoms with Gasteiger partial charge in [0, 0.05) is 58.9 Å². The summed E-state index contributed by atoms with van der Waals surface area (Å²) in [6.07, 6.45) is 0. The van der Waals surface area contributed by atoms with Gasteiger partial charge in [0.25, 0.3) is 0 Å². The molecule has 0 aliphatic heterocycles. The summed E-state index contributed by atoms with van der Waals surface area (Å²) in [5.74, 6) is 1.99. The first-order valence-electron chi connectivity index (χ1n) is 16.7. The zero-order valence-corrected chi connectivity index (χ0v) is 27.7. The number of hydrogen-bond donors (Lipinski definition) is 0. The Labute approximate surface area is 292 Å². The van der Waals surface area contributed by atoms with Crippen LogP contribution in [-0.4, -0.2) is 19.5 Å². The normalized spacial score (nSPS) is 11.6. The number of nitrogens with zero attached hydrogens (tertiary/aromatic N) is 4. The van der Waals surface area contributed by atoms with Crippen LogP contribution < -0.4 is 0 Å². The van der Waals surface area contributed by atoms with Crippen LogP contribution in [0.5, 0.6) is 0 Å². The smallest absolute Gasteiger partial charge is 0.164 e. The van der Waals surface area contributed by atoms with Crippen LogP contribution in [0.15, 0.2) is 170 Å². The molecule has 0 atom stereocenters. The molecule has 0 bridgehead atoms. The van der Waals surface area contributed by atoms with Crippen LogP contribution in [0.1, 0.15) is 0 Å². The van der Waals surface area contributed by atoms with Gasteiger partial charge in [-0.25, -0.2) is 15.0 Å². The minimum Gasteiger partial charge on any atom is -0.309 e. The second-order valence-electron chi connectivity index (χ2n) is 12.5. The highest BCUT2D eigenvalue weighted by atomic mass is 32.1. The van der Waals surface area contributed by atoms with E-state index in [0.717, 1.165) is 22.4 Å².